The molecule has 144 valence electrons. The van der Waals surface area contributed by atoms with Gasteiger partial charge in [0.2, 0.25) is 5.95 Å². The quantitative estimate of drug-likeness (QED) is 0.694. The molecule has 3 aromatic rings. The van der Waals surface area contributed by atoms with E-state index in [0.717, 1.165) is 11.3 Å². The third-order valence-electron chi connectivity index (χ3n) is 4.02. The van der Waals surface area contributed by atoms with E-state index in [2.05, 4.69) is 34.2 Å². The maximum Gasteiger partial charge on any atom is 0.263 e. The number of fused-ring (bicyclic) bond motifs is 1. The molecule has 0 radical (unpaired) electrons. The van der Waals surface area contributed by atoms with Crippen molar-refractivity contribution in [3.63, 3.8) is 0 Å². The van der Waals surface area contributed by atoms with Gasteiger partial charge in [0.1, 0.15) is 11.1 Å². The number of ether oxygens (including phenoxy) is 1. The van der Waals surface area contributed by atoms with Crippen LogP contribution in [0.4, 0.5) is 5.95 Å². The summed E-state index contributed by atoms with van der Waals surface area (Å²) in [5.41, 5.74) is 1.15. The topological polar surface area (TPSA) is 84.8 Å². The molecule has 0 aliphatic carbocycles. The third-order valence-corrected chi connectivity index (χ3v) is 4.02. The normalized spacial score (nSPS) is 11.9. The average molecular weight is 369 g/mol. The molecule has 2 aromatic heterocycles. The lowest BCUT2D eigenvalue weighted by molar-refractivity contribution is 0.271. The number of hydrogen-bond acceptors (Lipinski definition) is 5. The van der Waals surface area contributed by atoms with Gasteiger partial charge in [-0.25, -0.2) is 4.68 Å². The molecule has 7 nitrogen and oxygen atoms in total. The lowest BCUT2D eigenvalue weighted by atomic mass is 10.1. The molecular formula is C20H27N5O2. The standard InChI is InChI=1S/C20H27N5O2/c1-13(2)12-27-15-8-6-7-14(9-15)10-21-19-23-17-16(18(26)24-19)11-22-25(17)20(3,4)5/h6-9,11,13H,10,12H2,1-5H3,(H2,21,23,24,26). The SMILES string of the molecule is CC(C)COc1cccc(CNc2nc3c(cnn3C(C)(C)C)c(=O)[nH]2)c1. The molecule has 0 aliphatic rings. The zero-order chi connectivity index (χ0) is 19.6. The van der Waals surface area contributed by atoms with Gasteiger partial charge in [-0.05, 0) is 44.4 Å². The Bertz CT molecular complexity index is 982. The molecule has 0 saturated carbocycles. The minimum atomic E-state index is -0.262. The van der Waals surface area contributed by atoms with Crippen molar-refractivity contribution in [3.05, 3.63) is 46.4 Å². The Balaban J connectivity index is 1.79. The molecule has 0 amide bonds. The van der Waals surface area contributed by atoms with Crippen LogP contribution in [-0.4, -0.2) is 26.4 Å². The first-order chi connectivity index (χ1) is 12.7. The summed E-state index contributed by atoms with van der Waals surface area (Å²) in [6.07, 6.45) is 1.56. The van der Waals surface area contributed by atoms with Crippen molar-refractivity contribution in [1.29, 1.82) is 0 Å². The van der Waals surface area contributed by atoms with E-state index in [0.29, 0.717) is 36.1 Å². The highest BCUT2D eigenvalue weighted by Gasteiger charge is 2.19. The fraction of sp³-hybridized carbons (Fsp3) is 0.450. The highest BCUT2D eigenvalue weighted by molar-refractivity contribution is 5.74. The van der Waals surface area contributed by atoms with Crippen LogP contribution >= 0.6 is 0 Å². The van der Waals surface area contributed by atoms with Crippen LogP contribution < -0.4 is 15.6 Å². The van der Waals surface area contributed by atoms with Gasteiger partial charge < -0.3 is 10.1 Å². The van der Waals surface area contributed by atoms with Crippen LogP contribution in [-0.2, 0) is 12.1 Å². The van der Waals surface area contributed by atoms with Gasteiger partial charge in [0, 0.05) is 6.54 Å². The predicted octanol–water partition coefficient (Wildman–Crippen LogP) is 3.52. The molecule has 0 fully saturated rings. The fourth-order valence-corrected chi connectivity index (χ4v) is 2.69. The Morgan fingerprint density at radius 3 is 2.78 bits per heavy atom. The second kappa shape index (κ2) is 7.42. The average Bonchev–Trinajstić information content (AvgIpc) is 3.03. The van der Waals surface area contributed by atoms with Gasteiger partial charge in [-0.3, -0.25) is 9.78 Å². The molecule has 0 saturated heterocycles. The molecule has 0 unspecified atom stereocenters. The van der Waals surface area contributed by atoms with E-state index in [1.807, 2.05) is 45.0 Å². The highest BCUT2D eigenvalue weighted by atomic mass is 16.5. The van der Waals surface area contributed by atoms with Crippen molar-refractivity contribution in [2.45, 2.75) is 46.7 Å². The van der Waals surface area contributed by atoms with E-state index >= 15 is 0 Å². The Morgan fingerprint density at radius 2 is 2.07 bits per heavy atom. The summed E-state index contributed by atoms with van der Waals surface area (Å²) >= 11 is 0. The lowest BCUT2D eigenvalue weighted by Crippen LogP contribution is -2.24. The first-order valence-corrected chi connectivity index (χ1v) is 9.18. The number of nitrogens with zero attached hydrogens (tertiary/aromatic N) is 3. The number of H-pyrrole nitrogens is 1. The number of aromatic amines is 1. The molecule has 7 heteroatoms. The Kier molecular flexibility index (Phi) is 5.21. The minimum absolute atomic E-state index is 0.202. The summed E-state index contributed by atoms with van der Waals surface area (Å²) in [7, 11) is 0. The zero-order valence-corrected chi connectivity index (χ0v) is 16.5. The Hall–Kier alpha value is -2.83. The number of rotatable bonds is 6. The first kappa shape index (κ1) is 18.9. The second-order valence-corrected chi connectivity index (χ2v) is 8.08. The van der Waals surface area contributed by atoms with E-state index in [9.17, 15) is 4.79 Å². The smallest absolute Gasteiger partial charge is 0.263 e. The van der Waals surface area contributed by atoms with Crippen LogP contribution in [0.5, 0.6) is 5.75 Å². The van der Waals surface area contributed by atoms with Crippen molar-refractivity contribution in [2.24, 2.45) is 5.92 Å². The van der Waals surface area contributed by atoms with E-state index in [4.69, 9.17) is 4.74 Å². The van der Waals surface area contributed by atoms with E-state index in [1.54, 1.807) is 10.9 Å². The van der Waals surface area contributed by atoms with Crippen molar-refractivity contribution in [3.8, 4) is 5.75 Å². The predicted molar refractivity (Wildman–Crippen MR) is 107 cm³/mol. The second-order valence-electron chi connectivity index (χ2n) is 8.08. The lowest BCUT2D eigenvalue weighted by Gasteiger charge is -2.19. The molecule has 2 N–H and O–H groups in total. The van der Waals surface area contributed by atoms with Crippen molar-refractivity contribution >= 4 is 17.0 Å². The van der Waals surface area contributed by atoms with Gasteiger partial charge in [0.25, 0.3) is 5.56 Å². The fourth-order valence-electron chi connectivity index (χ4n) is 2.69. The number of benzene rings is 1. The number of anilines is 1. The van der Waals surface area contributed by atoms with Crippen molar-refractivity contribution < 1.29 is 4.74 Å². The van der Waals surface area contributed by atoms with Crippen LogP contribution in [0.1, 0.15) is 40.2 Å². The van der Waals surface area contributed by atoms with Crippen LogP contribution in [0.2, 0.25) is 0 Å². The van der Waals surface area contributed by atoms with Crippen LogP contribution in [0.25, 0.3) is 11.0 Å². The summed E-state index contributed by atoms with van der Waals surface area (Å²) in [6, 6.07) is 7.90. The largest absolute Gasteiger partial charge is 0.493 e. The number of nitrogens with one attached hydrogen (secondary N) is 2. The molecule has 27 heavy (non-hydrogen) atoms. The minimum Gasteiger partial charge on any atom is -0.493 e. The summed E-state index contributed by atoms with van der Waals surface area (Å²) in [5.74, 6) is 1.73. The van der Waals surface area contributed by atoms with E-state index in [1.165, 1.54) is 0 Å². The molecule has 0 atom stereocenters. The van der Waals surface area contributed by atoms with Crippen LogP contribution in [0, 0.1) is 5.92 Å². The summed E-state index contributed by atoms with van der Waals surface area (Å²) in [6.45, 7) is 11.5. The van der Waals surface area contributed by atoms with Gasteiger partial charge in [-0.1, -0.05) is 26.0 Å². The van der Waals surface area contributed by atoms with Gasteiger partial charge >= 0.3 is 0 Å². The number of aromatic nitrogens is 4. The molecular weight excluding hydrogens is 342 g/mol. The monoisotopic (exact) mass is 369 g/mol. The Labute approximate surface area is 158 Å². The zero-order valence-electron chi connectivity index (χ0n) is 16.5. The van der Waals surface area contributed by atoms with E-state index in [-0.39, 0.29) is 11.1 Å². The highest BCUT2D eigenvalue weighted by Crippen LogP contribution is 2.19. The number of hydrogen-bond donors (Lipinski definition) is 2. The summed E-state index contributed by atoms with van der Waals surface area (Å²) in [5, 5.41) is 8.00. The first-order valence-electron chi connectivity index (χ1n) is 9.18. The van der Waals surface area contributed by atoms with Gasteiger partial charge in [-0.2, -0.15) is 10.1 Å². The maximum absolute atomic E-state index is 12.3. The molecule has 2 heterocycles. The van der Waals surface area contributed by atoms with Crippen molar-refractivity contribution in [1.82, 2.24) is 19.7 Å². The van der Waals surface area contributed by atoms with E-state index < -0.39 is 0 Å². The van der Waals surface area contributed by atoms with Crippen LogP contribution in [0.15, 0.2) is 35.3 Å². The molecule has 0 bridgehead atoms. The molecule has 0 aliphatic heterocycles. The summed E-state index contributed by atoms with van der Waals surface area (Å²) < 4.78 is 7.53. The Morgan fingerprint density at radius 1 is 1.30 bits per heavy atom. The van der Waals surface area contributed by atoms with Gasteiger partial charge in [-0.15, -0.1) is 0 Å². The van der Waals surface area contributed by atoms with Crippen molar-refractivity contribution in [2.75, 3.05) is 11.9 Å². The van der Waals surface area contributed by atoms with Crippen LogP contribution in [0.3, 0.4) is 0 Å². The molecule has 1 aromatic carbocycles. The maximum atomic E-state index is 12.3. The summed E-state index contributed by atoms with van der Waals surface area (Å²) in [4.78, 5) is 19.7. The van der Waals surface area contributed by atoms with Gasteiger partial charge in [0.05, 0.1) is 18.3 Å². The third kappa shape index (κ3) is 4.48. The molecule has 0 spiro atoms. The van der Waals surface area contributed by atoms with Gasteiger partial charge in [0.15, 0.2) is 5.65 Å². The molecule has 3 rings (SSSR count).